The molecule has 3 rings (SSSR count). The molecule has 0 saturated carbocycles. The van der Waals surface area contributed by atoms with Gasteiger partial charge in [-0.25, -0.2) is 9.59 Å². The Balaban J connectivity index is 2.27. The molecule has 27 heavy (non-hydrogen) atoms. The number of carbonyl (C=O) groups is 2. The third-order valence-electron chi connectivity index (χ3n) is 3.97. The average molecular weight is 362 g/mol. The first kappa shape index (κ1) is 18.2. The van der Waals surface area contributed by atoms with Gasteiger partial charge in [0.05, 0.1) is 22.7 Å². The Labute approximate surface area is 156 Å². The second kappa shape index (κ2) is 6.61. The lowest BCUT2D eigenvalue weighted by molar-refractivity contribution is 0.0544. The van der Waals surface area contributed by atoms with Gasteiger partial charge >= 0.3 is 12.1 Å². The van der Waals surface area contributed by atoms with Gasteiger partial charge in [-0.1, -0.05) is 24.3 Å². The molecule has 0 aliphatic rings. The van der Waals surface area contributed by atoms with Crippen molar-refractivity contribution in [2.75, 3.05) is 0 Å². The lowest BCUT2D eigenvalue weighted by Gasteiger charge is -2.20. The molecule has 1 heterocycles. The number of carboxylic acids is 1. The SMILES string of the molecule is CC(C)(C)OC(=O)n1cc(-c2ccc(C#N)cc2)c2cccc(C(=O)O)c21. The number of rotatable bonds is 2. The fourth-order valence-electron chi connectivity index (χ4n) is 2.87. The van der Waals surface area contributed by atoms with Gasteiger partial charge in [0, 0.05) is 17.1 Å². The van der Waals surface area contributed by atoms with E-state index in [4.69, 9.17) is 10.00 Å². The van der Waals surface area contributed by atoms with Crippen LogP contribution in [0, 0.1) is 11.3 Å². The van der Waals surface area contributed by atoms with Gasteiger partial charge in [-0.3, -0.25) is 4.57 Å². The monoisotopic (exact) mass is 362 g/mol. The van der Waals surface area contributed by atoms with Crippen LogP contribution in [0.3, 0.4) is 0 Å². The highest BCUT2D eigenvalue weighted by Crippen LogP contribution is 2.33. The molecular weight excluding hydrogens is 344 g/mol. The van der Waals surface area contributed by atoms with Gasteiger partial charge in [0.25, 0.3) is 0 Å². The number of nitrogens with zero attached hydrogens (tertiary/aromatic N) is 2. The highest BCUT2D eigenvalue weighted by atomic mass is 16.6. The molecule has 6 heteroatoms. The number of para-hydroxylation sites is 1. The Morgan fingerprint density at radius 3 is 2.33 bits per heavy atom. The molecule has 0 aliphatic carbocycles. The van der Waals surface area contributed by atoms with Gasteiger partial charge in [0.2, 0.25) is 0 Å². The van der Waals surface area contributed by atoms with E-state index in [1.807, 2.05) is 0 Å². The summed E-state index contributed by atoms with van der Waals surface area (Å²) in [6, 6.07) is 13.8. The molecule has 0 saturated heterocycles. The van der Waals surface area contributed by atoms with E-state index >= 15 is 0 Å². The van der Waals surface area contributed by atoms with Gasteiger partial charge in [-0.15, -0.1) is 0 Å². The van der Waals surface area contributed by atoms with E-state index in [1.54, 1.807) is 63.4 Å². The summed E-state index contributed by atoms with van der Waals surface area (Å²) in [5.41, 5.74) is 1.53. The highest BCUT2D eigenvalue weighted by molar-refractivity contribution is 6.10. The minimum Gasteiger partial charge on any atom is -0.478 e. The molecule has 1 aromatic heterocycles. The van der Waals surface area contributed by atoms with Crippen LogP contribution >= 0.6 is 0 Å². The summed E-state index contributed by atoms with van der Waals surface area (Å²) in [5.74, 6) is -1.13. The maximum Gasteiger partial charge on any atom is 0.419 e. The van der Waals surface area contributed by atoms with Crippen molar-refractivity contribution in [3.8, 4) is 17.2 Å². The predicted molar refractivity (Wildman–Crippen MR) is 101 cm³/mol. The topological polar surface area (TPSA) is 92.3 Å². The van der Waals surface area contributed by atoms with E-state index < -0.39 is 17.7 Å². The molecule has 136 valence electrons. The fourth-order valence-corrected chi connectivity index (χ4v) is 2.87. The number of hydrogen-bond acceptors (Lipinski definition) is 4. The lowest BCUT2D eigenvalue weighted by atomic mass is 10.0. The number of hydrogen-bond donors (Lipinski definition) is 1. The van der Waals surface area contributed by atoms with E-state index in [0.29, 0.717) is 16.5 Å². The number of carbonyl (C=O) groups excluding carboxylic acids is 1. The van der Waals surface area contributed by atoms with Crippen molar-refractivity contribution in [2.45, 2.75) is 26.4 Å². The van der Waals surface area contributed by atoms with Crippen molar-refractivity contribution < 1.29 is 19.4 Å². The molecule has 0 bridgehead atoms. The Morgan fingerprint density at radius 1 is 1.11 bits per heavy atom. The molecule has 3 aromatic rings. The van der Waals surface area contributed by atoms with E-state index in [-0.39, 0.29) is 11.1 Å². The molecular formula is C21H18N2O4. The van der Waals surface area contributed by atoms with Crippen LogP contribution in [-0.4, -0.2) is 27.3 Å². The average Bonchev–Trinajstić information content (AvgIpc) is 3.00. The Bertz CT molecular complexity index is 1080. The van der Waals surface area contributed by atoms with Crippen LogP contribution in [-0.2, 0) is 4.74 Å². The molecule has 0 atom stereocenters. The zero-order valence-electron chi connectivity index (χ0n) is 15.2. The number of ether oxygens (including phenoxy) is 1. The van der Waals surface area contributed by atoms with Crippen molar-refractivity contribution in [2.24, 2.45) is 0 Å². The van der Waals surface area contributed by atoms with Crippen LogP contribution in [0.1, 0.15) is 36.7 Å². The summed E-state index contributed by atoms with van der Waals surface area (Å²) in [4.78, 5) is 24.4. The number of carboxylic acid groups (broad SMARTS) is 1. The summed E-state index contributed by atoms with van der Waals surface area (Å²) in [7, 11) is 0. The van der Waals surface area contributed by atoms with E-state index in [1.165, 1.54) is 10.6 Å². The van der Waals surface area contributed by atoms with Crippen LogP contribution in [0.25, 0.3) is 22.0 Å². The van der Waals surface area contributed by atoms with E-state index in [0.717, 1.165) is 5.56 Å². The van der Waals surface area contributed by atoms with Crippen molar-refractivity contribution in [1.82, 2.24) is 4.57 Å². The minimum atomic E-state index is -1.13. The molecule has 6 nitrogen and oxygen atoms in total. The van der Waals surface area contributed by atoms with E-state index in [2.05, 4.69) is 6.07 Å². The Morgan fingerprint density at radius 2 is 1.78 bits per heavy atom. The smallest absolute Gasteiger partial charge is 0.419 e. The third-order valence-corrected chi connectivity index (χ3v) is 3.97. The molecule has 0 amide bonds. The van der Waals surface area contributed by atoms with Gasteiger partial charge in [0.1, 0.15) is 5.60 Å². The lowest BCUT2D eigenvalue weighted by Crippen LogP contribution is -2.27. The standard InChI is InChI=1S/C21H18N2O4/c1-21(2,3)27-20(26)23-12-17(14-9-7-13(11-22)8-10-14)15-5-4-6-16(18(15)23)19(24)25/h4-10,12H,1-3H3,(H,24,25). The van der Waals surface area contributed by atoms with Gasteiger partial charge in [-0.05, 0) is 44.5 Å². The zero-order chi connectivity index (χ0) is 19.8. The summed E-state index contributed by atoms with van der Waals surface area (Å²) in [5, 5.41) is 19.2. The number of benzene rings is 2. The minimum absolute atomic E-state index is 0.0123. The molecule has 0 spiro atoms. The van der Waals surface area contributed by atoms with Crippen LogP contribution < -0.4 is 0 Å². The number of fused-ring (bicyclic) bond motifs is 1. The van der Waals surface area contributed by atoms with Crippen LogP contribution in [0.5, 0.6) is 0 Å². The summed E-state index contributed by atoms with van der Waals surface area (Å²) >= 11 is 0. The Hall–Kier alpha value is -3.59. The molecule has 2 aromatic carbocycles. The fraction of sp³-hybridized carbons (Fsp3) is 0.190. The first-order valence-electron chi connectivity index (χ1n) is 8.32. The highest BCUT2D eigenvalue weighted by Gasteiger charge is 2.24. The van der Waals surface area contributed by atoms with Crippen molar-refractivity contribution in [3.05, 3.63) is 59.8 Å². The van der Waals surface area contributed by atoms with Crippen molar-refractivity contribution in [1.29, 1.82) is 5.26 Å². The van der Waals surface area contributed by atoms with Crippen LogP contribution in [0.15, 0.2) is 48.7 Å². The summed E-state index contributed by atoms with van der Waals surface area (Å²) in [6.45, 7) is 5.24. The van der Waals surface area contributed by atoms with Crippen LogP contribution in [0.2, 0.25) is 0 Å². The van der Waals surface area contributed by atoms with Crippen molar-refractivity contribution in [3.63, 3.8) is 0 Å². The second-order valence-corrected chi connectivity index (χ2v) is 7.09. The third kappa shape index (κ3) is 3.53. The van der Waals surface area contributed by atoms with Crippen LogP contribution in [0.4, 0.5) is 4.79 Å². The molecule has 0 radical (unpaired) electrons. The quantitative estimate of drug-likeness (QED) is 0.715. The molecule has 0 fully saturated rings. The first-order valence-corrected chi connectivity index (χ1v) is 8.32. The summed E-state index contributed by atoms with van der Waals surface area (Å²) in [6.07, 6.45) is 0.924. The van der Waals surface area contributed by atoms with Gasteiger partial charge in [0.15, 0.2) is 0 Å². The Kier molecular flexibility index (Phi) is 4.46. The largest absolute Gasteiger partial charge is 0.478 e. The number of aromatic carboxylic acids is 1. The first-order chi connectivity index (χ1) is 12.7. The molecule has 0 aliphatic heterocycles. The number of nitriles is 1. The predicted octanol–water partition coefficient (Wildman–Crippen LogP) is 4.66. The maximum atomic E-state index is 12.7. The van der Waals surface area contributed by atoms with Gasteiger partial charge in [-0.2, -0.15) is 5.26 Å². The van der Waals surface area contributed by atoms with E-state index in [9.17, 15) is 14.7 Å². The molecule has 1 N–H and O–H groups in total. The second-order valence-electron chi connectivity index (χ2n) is 7.09. The van der Waals surface area contributed by atoms with Crippen molar-refractivity contribution >= 4 is 23.0 Å². The summed E-state index contributed by atoms with van der Waals surface area (Å²) < 4.78 is 6.67. The van der Waals surface area contributed by atoms with Gasteiger partial charge < -0.3 is 9.84 Å². The number of aromatic nitrogens is 1. The zero-order valence-corrected chi connectivity index (χ0v) is 15.2. The normalized spacial score (nSPS) is 11.2. The molecule has 0 unspecified atom stereocenters. The maximum absolute atomic E-state index is 12.7.